The van der Waals surface area contributed by atoms with E-state index in [2.05, 4.69) is 22.0 Å². The van der Waals surface area contributed by atoms with Crippen LogP contribution >= 0.6 is 0 Å². The van der Waals surface area contributed by atoms with Crippen LogP contribution in [0.5, 0.6) is 11.5 Å². The Bertz CT molecular complexity index is 1240. The summed E-state index contributed by atoms with van der Waals surface area (Å²) < 4.78 is 16.9. The standard InChI is InChI=1S/C32H45N3O8/c1-19(33-28(39)22-9-11-23(36)12-10-22)27(38)34-24(14-21-8-13-26(41-3)25(37)15-21)29(40)35-32(16-20-6-4-5-7-20)18-42-30(32)31(2)17-43-31/h6,8,13,15,19,22-24,30,36-37H,4-5,7,9-12,14,16-18H2,1-3H3,(H,33,39)(H,34,38)(H,35,40)/t19-,22?,23?,24+,30?,31-,32+/m1/s1. The third-order valence-corrected chi connectivity index (χ3v) is 9.35. The molecule has 2 saturated heterocycles. The monoisotopic (exact) mass is 599 g/mol. The van der Waals surface area contributed by atoms with Gasteiger partial charge in [-0.1, -0.05) is 17.7 Å². The summed E-state index contributed by atoms with van der Waals surface area (Å²) in [4.78, 5) is 40.3. The first-order valence-corrected chi connectivity index (χ1v) is 15.4. The minimum Gasteiger partial charge on any atom is -0.504 e. The van der Waals surface area contributed by atoms with E-state index in [1.165, 1.54) is 18.7 Å². The van der Waals surface area contributed by atoms with Gasteiger partial charge in [0, 0.05) is 12.3 Å². The van der Waals surface area contributed by atoms with E-state index in [0.29, 0.717) is 56.6 Å². The zero-order chi connectivity index (χ0) is 30.8. The number of carbonyl (C=O) groups excluding carboxylic acids is 3. The summed E-state index contributed by atoms with van der Waals surface area (Å²) in [6.45, 7) is 4.47. The normalized spacial score (nSPS) is 31.2. The number of nitrogens with one attached hydrogen (secondary N) is 3. The molecular weight excluding hydrogens is 554 g/mol. The molecule has 1 aromatic rings. The van der Waals surface area contributed by atoms with E-state index in [0.717, 1.165) is 19.3 Å². The predicted molar refractivity (Wildman–Crippen MR) is 157 cm³/mol. The molecule has 11 heteroatoms. The van der Waals surface area contributed by atoms with Gasteiger partial charge in [-0.25, -0.2) is 0 Å². The number of amides is 3. The summed E-state index contributed by atoms with van der Waals surface area (Å²) in [5.74, 6) is -1.12. The van der Waals surface area contributed by atoms with Crippen LogP contribution in [0.1, 0.15) is 70.8 Å². The number of hydrogen-bond acceptors (Lipinski definition) is 8. The Labute approximate surface area is 252 Å². The Balaban J connectivity index is 1.32. The van der Waals surface area contributed by atoms with Crippen LogP contribution in [0.25, 0.3) is 0 Å². The molecule has 4 aliphatic rings. The smallest absolute Gasteiger partial charge is 0.243 e. The van der Waals surface area contributed by atoms with Gasteiger partial charge in [0.15, 0.2) is 11.5 Å². The molecule has 0 spiro atoms. The third kappa shape index (κ3) is 7.16. The maximum absolute atomic E-state index is 14.0. The molecule has 236 valence electrons. The number of epoxide rings is 1. The zero-order valence-electron chi connectivity index (χ0n) is 25.3. The molecule has 3 fully saturated rings. The van der Waals surface area contributed by atoms with E-state index < -0.39 is 29.1 Å². The molecule has 1 saturated carbocycles. The molecule has 2 heterocycles. The molecule has 11 nitrogen and oxygen atoms in total. The van der Waals surface area contributed by atoms with E-state index in [4.69, 9.17) is 14.2 Å². The number of benzene rings is 1. The van der Waals surface area contributed by atoms with Crippen molar-refractivity contribution in [2.24, 2.45) is 5.92 Å². The number of aliphatic hydroxyl groups is 1. The SMILES string of the molecule is COc1ccc(C[C@H](NC(=O)[C@@H](C)NC(=O)C2CCC(O)CC2)C(=O)N[C@@]2(CC3=CCCC3)COC2[C@@]2(C)CO2)cc1O. The summed E-state index contributed by atoms with van der Waals surface area (Å²) in [7, 11) is 1.46. The van der Waals surface area contributed by atoms with Crippen molar-refractivity contribution in [2.75, 3.05) is 20.3 Å². The highest BCUT2D eigenvalue weighted by atomic mass is 16.6. The Morgan fingerprint density at radius 3 is 2.44 bits per heavy atom. The van der Waals surface area contributed by atoms with Gasteiger partial charge in [0.1, 0.15) is 23.8 Å². The van der Waals surface area contributed by atoms with E-state index >= 15 is 0 Å². The molecule has 5 N–H and O–H groups in total. The van der Waals surface area contributed by atoms with Crippen LogP contribution in [0, 0.1) is 5.92 Å². The maximum Gasteiger partial charge on any atom is 0.243 e. The second kappa shape index (κ2) is 12.8. The Morgan fingerprint density at radius 1 is 1.12 bits per heavy atom. The van der Waals surface area contributed by atoms with E-state index in [9.17, 15) is 24.6 Å². The van der Waals surface area contributed by atoms with Crippen LogP contribution < -0.4 is 20.7 Å². The van der Waals surface area contributed by atoms with Gasteiger partial charge < -0.3 is 40.4 Å². The van der Waals surface area contributed by atoms with Crippen LogP contribution in [0.3, 0.4) is 0 Å². The number of rotatable bonds is 12. The molecule has 3 amide bonds. The first kappa shape index (κ1) is 31.3. The number of allylic oxidation sites excluding steroid dienone is 1. The summed E-state index contributed by atoms with van der Waals surface area (Å²) in [6.07, 6.45) is 7.61. The van der Waals surface area contributed by atoms with Crippen molar-refractivity contribution in [1.29, 1.82) is 0 Å². The van der Waals surface area contributed by atoms with Crippen LogP contribution in [0.4, 0.5) is 0 Å². The molecule has 0 bridgehead atoms. The van der Waals surface area contributed by atoms with Crippen molar-refractivity contribution in [3.05, 3.63) is 35.4 Å². The number of phenols is 1. The zero-order valence-corrected chi connectivity index (χ0v) is 25.3. The summed E-state index contributed by atoms with van der Waals surface area (Å²) >= 11 is 0. The average molecular weight is 600 g/mol. The van der Waals surface area contributed by atoms with Gasteiger partial charge in [-0.05, 0) is 82.9 Å². The van der Waals surface area contributed by atoms with Gasteiger partial charge in [0.25, 0.3) is 0 Å². The summed E-state index contributed by atoms with van der Waals surface area (Å²) in [5, 5.41) is 29.0. The topological polar surface area (TPSA) is 159 Å². The molecule has 43 heavy (non-hydrogen) atoms. The van der Waals surface area contributed by atoms with Crippen molar-refractivity contribution < 1.29 is 38.8 Å². The highest BCUT2D eigenvalue weighted by Crippen LogP contribution is 2.46. The number of aromatic hydroxyl groups is 1. The Hall–Kier alpha value is -3.15. The fourth-order valence-corrected chi connectivity index (χ4v) is 6.66. The van der Waals surface area contributed by atoms with Crippen molar-refractivity contribution in [3.8, 4) is 11.5 Å². The first-order chi connectivity index (χ1) is 20.5. The average Bonchev–Trinajstić information content (AvgIpc) is 3.46. The number of aliphatic hydroxyl groups excluding tert-OH is 1. The number of ether oxygens (including phenoxy) is 3. The van der Waals surface area contributed by atoms with Crippen molar-refractivity contribution in [3.63, 3.8) is 0 Å². The molecule has 1 unspecified atom stereocenters. The van der Waals surface area contributed by atoms with Gasteiger partial charge in [0.2, 0.25) is 17.7 Å². The molecule has 2 aliphatic carbocycles. The van der Waals surface area contributed by atoms with E-state index in [1.54, 1.807) is 19.1 Å². The lowest BCUT2D eigenvalue weighted by atomic mass is 9.75. The van der Waals surface area contributed by atoms with Crippen molar-refractivity contribution in [2.45, 2.75) is 107 Å². The number of phenolic OH excluding ortho intramolecular Hbond substituents is 1. The summed E-state index contributed by atoms with van der Waals surface area (Å²) in [6, 6.07) is 2.99. The highest BCUT2D eigenvalue weighted by molar-refractivity contribution is 5.92. The molecule has 1 aromatic carbocycles. The van der Waals surface area contributed by atoms with Crippen LogP contribution in [-0.2, 0) is 30.3 Å². The molecule has 5 atom stereocenters. The lowest BCUT2D eigenvalue weighted by Gasteiger charge is -2.52. The summed E-state index contributed by atoms with van der Waals surface area (Å²) in [5.41, 5.74) is 0.765. The van der Waals surface area contributed by atoms with Gasteiger partial charge in [-0.3, -0.25) is 14.4 Å². The minimum absolute atomic E-state index is 0.0698. The number of hydrogen-bond donors (Lipinski definition) is 5. The molecule has 0 radical (unpaired) electrons. The maximum atomic E-state index is 14.0. The quantitative estimate of drug-likeness (QED) is 0.180. The highest BCUT2D eigenvalue weighted by Gasteiger charge is 2.64. The largest absolute Gasteiger partial charge is 0.504 e. The lowest BCUT2D eigenvalue weighted by molar-refractivity contribution is -0.182. The second-order valence-corrected chi connectivity index (χ2v) is 12.9. The molecule has 2 aliphatic heterocycles. The lowest BCUT2D eigenvalue weighted by Crippen LogP contribution is -2.73. The molecule has 5 rings (SSSR count). The van der Waals surface area contributed by atoms with E-state index in [-0.39, 0.29) is 42.1 Å². The van der Waals surface area contributed by atoms with Gasteiger partial charge in [0.05, 0.1) is 32.0 Å². The van der Waals surface area contributed by atoms with Gasteiger partial charge in [-0.15, -0.1) is 0 Å². The predicted octanol–water partition coefficient (Wildman–Crippen LogP) is 2.03. The van der Waals surface area contributed by atoms with Crippen molar-refractivity contribution >= 4 is 17.7 Å². The number of methoxy groups -OCH3 is 1. The van der Waals surface area contributed by atoms with Gasteiger partial charge >= 0.3 is 0 Å². The van der Waals surface area contributed by atoms with Crippen LogP contribution in [-0.4, -0.2) is 83.7 Å². The Kier molecular flexibility index (Phi) is 9.34. The first-order valence-electron chi connectivity index (χ1n) is 15.4. The van der Waals surface area contributed by atoms with Crippen molar-refractivity contribution in [1.82, 2.24) is 16.0 Å². The molecule has 0 aromatic heterocycles. The minimum atomic E-state index is -0.993. The number of carbonyl (C=O) groups is 3. The Morgan fingerprint density at radius 2 is 1.86 bits per heavy atom. The third-order valence-electron chi connectivity index (χ3n) is 9.35. The van der Waals surface area contributed by atoms with E-state index in [1.807, 2.05) is 6.92 Å². The second-order valence-electron chi connectivity index (χ2n) is 12.9. The van der Waals surface area contributed by atoms with Crippen LogP contribution in [0.15, 0.2) is 29.8 Å². The fraction of sp³-hybridized carbons (Fsp3) is 0.656. The fourth-order valence-electron chi connectivity index (χ4n) is 6.66. The molecular formula is C32H45N3O8. The van der Waals surface area contributed by atoms with Gasteiger partial charge in [-0.2, -0.15) is 0 Å². The van der Waals surface area contributed by atoms with Crippen LogP contribution in [0.2, 0.25) is 0 Å².